The van der Waals surface area contributed by atoms with E-state index in [1.165, 1.54) is 5.56 Å². The first kappa shape index (κ1) is 21.9. The molecule has 0 aliphatic rings. The van der Waals surface area contributed by atoms with Crippen LogP contribution >= 0.6 is 0 Å². The lowest BCUT2D eigenvalue weighted by atomic mass is 9.86. The average Bonchev–Trinajstić information content (AvgIpc) is 2.69. The Kier molecular flexibility index (Phi) is 8.46. The Morgan fingerprint density at radius 1 is 1.04 bits per heavy atom. The van der Waals surface area contributed by atoms with Gasteiger partial charge in [0.1, 0.15) is 18.6 Å². The third-order valence-electron chi connectivity index (χ3n) is 5.11. The number of carbonyl (C=O) groups is 1. The highest BCUT2D eigenvalue weighted by Crippen LogP contribution is 2.35. The van der Waals surface area contributed by atoms with Gasteiger partial charge >= 0.3 is 0 Å². The molecule has 150 valence electrons. The van der Waals surface area contributed by atoms with E-state index in [-0.39, 0.29) is 5.92 Å². The molecular weight excluding hydrogens is 346 g/mol. The van der Waals surface area contributed by atoms with Crippen LogP contribution in [0.3, 0.4) is 0 Å². The van der Waals surface area contributed by atoms with E-state index in [0.717, 1.165) is 30.6 Å². The number of ether oxygens (including phenoxy) is 1. The predicted molar refractivity (Wildman–Crippen MR) is 117 cm³/mol. The van der Waals surface area contributed by atoms with Crippen LogP contribution in [-0.4, -0.2) is 36.4 Å². The van der Waals surface area contributed by atoms with E-state index >= 15 is 0 Å². The number of nitrogens with zero attached hydrogens (tertiary/aromatic N) is 1. The third-order valence-corrected chi connectivity index (χ3v) is 5.11. The van der Waals surface area contributed by atoms with Crippen molar-refractivity contribution in [2.75, 3.05) is 13.2 Å². The van der Waals surface area contributed by atoms with Gasteiger partial charge in [-0.2, -0.15) is 0 Å². The normalized spacial score (nSPS) is 12.4. The van der Waals surface area contributed by atoms with Gasteiger partial charge in [-0.05, 0) is 64.4 Å². The SMILES string of the molecule is C=CCOc1ccc(C=O)cc1[C@H](CCN(C(C)C)C(C)C)c1ccccc1. The summed E-state index contributed by atoms with van der Waals surface area (Å²) in [5, 5.41) is 0. The Hall–Kier alpha value is -2.39. The Morgan fingerprint density at radius 2 is 1.71 bits per heavy atom. The summed E-state index contributed by atoms with van der Waals surface area (Å²) in [6.07, 6.45) is 3.60. The van der Waals surface area contributed by atoms with E-state index in [2.05, 4.69) is 63.4 Å². The van der Waals surface area contributed by atoms with Crippen LogP contribution in [0.5, 0.6) is 5.75 Å². The third kappa shape index (κ3) is 5.80. The van der Waals surface area contributed by atoms with Gasteiger partial charge in [-0.1, -0.05) is 43.0 Å². The van der Waals surface area contributed by atoms with E-state index in [1.807, 2.05) is 24.3 Å². The smallest absolute Gasteiger partial charge is 0.150 e. The zero-order chi connectivity index (χ0) is 20.5. The largest absolute Gasteiger partial charge is 0.489 e. The van der Waals surface area contributed by atoms with Gasteiger partial charge in [0.15, 0.2) is 0 Å². The van der Waals surface area contributed by atoms with Crippen molar-refractivity contribution in [3.8, 4) is 5.75 Å². The van der Waals surface area contributed by atoms with Gasteiger partial charge in [0, 0.05) is 29.1 Å². The van der Waals surface area contributed by atoms with Crippen molar-refractivity contribution >= 4 is 6.29 Å². The van der Waals surface area contributed by atoms with Crippen LogP contribution in [0.25, 0.3) is 0 Å². The van der Waals surface area contributed by atoms with Crippen LogP contribution in [0.1, 0.15) is 61.5 Å². The monoisotopic (exact) mass is 379 g/mol. The van der Waals surface area contributed by atoms with Crippen LogP contribution in [-0.2, 0) is 0 Å². The minimum Gasteiger partial charge on any atom is -0.489 e. The molecule has 2 aromatic rings. The minimum atomic E-state index is 0.154. The highest BCUT2D eigenvalue weighted by Gasteiger charge is 2.22. The molecule has 0 heterocycles. The highest BCUT2D eigenvalue weighted by atomic mass is 16.5. The van der Waals surface area contributed by atoms with Crippen molar-refractivity contribution in [2.45, 2.75) is 52.1 Å². The Labute approximate surface area is 170 Å². The van der Waals surface area contributed by atoms with Gasteiger partial charge in [0.25, 0.3) is 0 Å². The van der Waals surface area contributed by atoms with Gasteiger partial charge < -0.3 is 4.74 Å². The molecule has 3 nitrogen and oxygen atoms in total. The maximum absolute atomic E-state index is 11.4. The number of hydrogen-bond donors (Lipinski definition) is 0. The predicted octanol–water partition coefficient (Wildman–Crippen LogP) is 5.70. The minimum absolute atomic E-state index is 0.154. The van der Waals surface area contributed by atoms with Crippen LogP contribution in [0.15, 0.2) is 61.2 Å². The molecule has 0 N–H and O–H groups in total. The summed E-state index contributed by atoms with van der Waals surface area (Å²) in [6.45, 7) is 14.1. The van der Waals surface area contributed by atoms with Gasteiger partial charge in [-0.25, -0.2) is 0 Å². The maximum atomic E-state index is 11.4. The molecule has 0 bridgehead atoms. The number of hydrogen-bond acceptors (Lipinski definition) is 3. The Bertz CT molecular complexity index is 744. The zero-order valence-electron chi connectivity index (χ0n) is 17.6. The molecule has 3 heteroatoms. The van der Waals surface area contributed by atoms with Crippen molar-refractivity contribution in [1.29, 1.82) is 0 Å². The van der Waals surface area contributed by atoms with Gasteiger partial charge in [0.2, 0.25) is 0 Å². The van der Waals surface area contributed by atoms with Gasteiger partial charge in [0.05, 0.1) is 0 Å². The topological polar surface area (TPSA) is 29.5 Å². The summed E-state index contributed by atoms with van der Waals surface area (Å²) in [6, 6.07) is 17.1. The molecule has 28 heavy (non-hydrogen) atoms. The number of aldehydes is 1. The molecule has 0 amide bonds. The molecule has 0 aromatic heterocycles. The van der Waals surface area contributed by atoms with Crippen LogP contribution in [0, 0.1) is 0 Å². The van der Waals surface area contributed by atoms with Crippen molar-refractivity contribution in [3.05, 3.63) is 77.9 Å². The van der Waals surface area contributed by atoms with Gasteiger partial charge in [-0.15, -0.1) is 0 Å². The number of rotatable bonds is 11. The van der Waals surface area contributed by atoms with Crippen molar-refractivity contribution < 1.29 is 9.53 Å². The number of carbonyl (C=O) groups excluding carboxylic acids is 1. The summed E-state index contributed by atoms with van der Waals surface area (Å²) >= 11 is 0. The summed E-state index contributed by atoms with van der Waals surface area (Å²) in [5.41, 5.74) is 2.97. The molecule has 2 rings (SSSR count). The molecule has 0 aliphatic carbocycles. The van der Waals surface area contributed by atoms with Gasteiger partial charge in [-0.3, -0.25) is 9.69 Å². The standard InChI is InChI=1S/C25H33NO2/c1-6-16-28-25-13-12-21(18-27)17-24(25)23(22-10-8-7-9-11-22)14-15-26(19(2)3)20(4)5/h6-13,17-20,23H,1,14-16H2,2-5H3/t23-/m1/s1. The summed E-state index contributed by atoms with van der Waals surface area (Å²) in [4.78, 5) is 13.9. The van der Waals surface area contributed by atoms with E-state index in [4.69, 9.17) is 4.74 Å². The fraction of sp³-hybridized carbons (Fsp3) is 0.400. The molecule has 2 aromatic carbocycles. The quantitative estimate of drug-likeness (QED) is 0.370. The Morgan fingerprint density at radius 3 is 2.29 bits per heavy atom. The molecule has 0 aliphatic heterocycles. The fourth-order valence-electron chi connectivity index (χ4n) is 3.77. The molecule has 0 radical (unpaired) electrons. The van der Waals surface area contributed by atoms with E-state index in [1.54, 1.807) is 6.08 Å². The van der Waals surface area contributed by atoms with Crippen molar-refractivity contribution in [2.24, 2.45) is 0 Å². The summed E-state index contributed by atoms with van der Waals surface area (Å²) in [7, 11) is 0. The second-order valence-electron chi connectivity index (χ2n) is 7.69. The van der Waals surface area contributed by atoms with E-state index in [9.17, 15) is 4.79 Å². The molecule has 1 atom stereocenters. The van der Waals surface area contributed by atoms with Crippen LogP contribution in [0.2, 0.25) is 0 Å². The number of benzene rings is 2. The first-order chi connectivity index (χ1) is 13.5. The highest BCUT2D eigenvalue weighted by molar-refractivity contribution is 5.76. The first-order valence-corrected chi connectivity index (χ1v) is 10.1. The second-order valence-corrected chi connectivity index (χ2v) is 7.69. The maximum Gasteiger partial charge on any atom is 0.150 e. The lowest BCUT2D eigenvalue weighted by molar-refractivity contribution is 0.112. The van der Waals surface area contributed by atoms with E-state index in [0.29, 0.717) is 24.3 Å². The summed E-state index contributed by atoms with van der Waals surface area (Å²) in [5.74, 6) is 0.973. The second kappa shape index (κ2) is 10.8. The fourth-order valence-corrected chi connectivity index (χ4v) is 3.77. The van der Waals surface area contributed by atoms with Crippen LogP contribution < -0.4 is 4.74 Å². The molecule has 0 unspecified atom stereocenters. The van der Waals surface area contributed by atoms with E-state index < -0.39 is 0 Å². The van der Waals surface area contributed by atoms with Crippen LogP contribution in [0.4, 0.5) is 0 Å². The molecule has 0 saturated carbocycles. The Balaban J connectivity index is 2.44. The lowest BCUT2D eigenvalue weighted by Gasteiger charge is -2.32. The molecule has 0 spiro atoms. The zero-order valence-corrected chi connectivity index (χ0v) is 17.6. The van der Waals surface area contributed by atoms with Crippen molar-refractivity contribution in [3.63, 3.8) is 0 Å². The lowest BCUT2D eigenvalue weighted by Crippen LogP contribution is -2.38. The molecular formula is C25H33NO2. The molecule has 0 saturated heterocycles. The van der Waals surface area contributed by atoms with Crippen molar-refractivity contribution in [1.82, 2.24) is 4.90 Å². The summed E-state index contributed by atoms with van der Waals surface area (Å²) < 4.78 is 5.94. The molecule has 0 fully saturated rings. The first-order valence-electron chi connectivity index (χ1n) is 10.1. The average molecular weight is 380 g/mol.